The summed E-state index contributed by atoms with van der Waals surface area (Å²) in [6.07, 6.45) is 18.3. The summed E-state index contributed by atoms with van der Waals surface area (Å²) >= 11 is 0. The lowest BCUT2D eigenvalue weighted by atomic mass is 10.0. The van der Waals surface area contributed by atoms with Gasteiger partial charge in [-0.15, -0.1) is 0 Å². The zero-order valence-electron chi connectivity index (χ0n) is 12.8. The molecule has 1 heterocycles. The largest absolute Gasteiger partial charge is 0.380 e. The van der Waals surface area contributed by atoms with Crippen LogP contribution < -0.4 is 0 Å². The summed E-state index contributed by atoms with van der Waals surface area (Å²) in [6, 6.07) is 0. The van der Waals surface area contributed by atoms with E-state index in [-0.39, 0.29) is 0 Å². The summed E-state index contributed by atoms with van der Waals surface area (Å²) < 4.78 is 6.00. The molecule has 1 atom stereocenters. The first kappa shape index (κ1) is 16.2. The third-order valence-corrected chi connectivity index (χ3v) is 5.65. The molecule has 0 saturated carbocycles. The Labute approximate surface area is 117 Å². The van der Waals surface area contributed by atoms with Crippen molar-refractivity contribution in [2.24, 2.45) is 0 Å². The van der Waals surface area contributed by atoms with Crippen molar-refractivity contribution < 1.29 is 4.74 Å². The highest BCUT2D eigenvalue weighted by Gasteiger charge is 2.26. The molecule has 2 heteroatoms. The molecule has 18 heavy (non-hydrogen) atoms. The predicted octanol–water partition coefficient (Wildman–Crippen LogP) is 4.17. The molecule has 1 saturated heterocycles. The van der Waals surface area contributed by atoms with Gasteiger partial charge in [0, 0.05) is 22.1 Å². The van der Waals surface area contributed by atoms with E-state index in [1.54, 1.807) is 0 Å². The molecule has 108 valence electrons. The molecule has 1 fully saturated rings. The SMILES string of the molecule is CCCCCCCCCCCC1([SiH3])CCCCO1. The zero-order chi connectivity index (χ0) is 13.1. The Morgan fingerprint density at radius 1 is 0.889 bits per heavy atom. The molecule has 1 rings (SSSR count). The number of hydrogen-bond acceptors (Lipinski definition) is 1. The maximum absolute atomic E-state index is 6.00. The van der Waals surface area contributed by atoms with E-state index in [2.05, 4.69) is 6.92 Å². The molecule has 0 spiro atoms. The number of ether oxygens (including phenoxy) is 1. The first-order valence-corrected chi connectivity index (χ1v) is 9.41. The number of unbranched alkanes of at least 4 members (excludes halogenated alkanes) is 8. The minimum atomic E-state index is 0.360. The van der Waals surface area contributed by atoms with E-state index < -0.39 is 0 Å². The van der Waals surface area contributed by atoms with Gasteiger partial charge in [0.2, 0.25) is 0 Å². The van der Waals surface area contributed by atoms with Crippen LogP contribution >= 0.6 is 0 Å². The van der Waals surface area contributed by atoms with Crippen molar-refractivity contribution in [3.8, 4) is 0 Å². The average Bonchev–Trinajstić information content (AvgIpc) is 2.38. The van der Waals surface area contributed by atoms with E-state index in [1.807, 2.05) is 0 Å². The topological polar surface area (TPSA) is 9.23 Å². The molecule has 0 aromatic carbocycles. The van der Waals surface area contributed by atoms with Gasteiger partial charge >= 0.3 is 0 Å². The molecule has 0 aromatic heterocycles. The molecular weight excluding hydrogens is 236 g/mol. The van der Waals surface area contributed by atoms with Crippen LogP contribution in [0.15, 0.2) is 0 Å². The highest BCUT2D eigenvalue weighted by atomic mass is 28.1. The van der Waals surface area contributed by atoms with Crippen molar-refractivity contribution in [2.45, 2.75) is 95.6 Å². The van der Waals surface area contributed by atoms with Crippen LogP contribution in [0.5, 0.6) is 0 Å². The molecule has 0 aliphatic carbocycles. The molecule has 0 amide bonds. The average molecular weight is 271 g/mol. The van der Waals surface area contributed by atoms with Crippen LogP contribution in [0.4, 0.5) is 0 Å². The number of rotatable bonds is 10. The van der Waals surface area contributed by atoms with Gasteiger partial charge in [-0.25, -0.2) is 0 Å². The fourth-order valence-corrected chi connectivity index (χ4v) is 3.91. The van der Waals surface area contributed by atoms with E-state index in [0.29, 0.717) is 5.22 Å². The van der Waals surface area contributed by atoms with Gasteiger partial charge in [0.25, 0.3) is 0 Å². The van der Waals surface area contributed by atoms with E-state index >= 15 is 0 Å². The predicted molar refractivity (Wildman–Crippen MR) is 84.3 cm³/mol. The summed E-state index contributed by atoms with van der Waals surface area (Å²) in [6.45, 7) is 3.32. The third-order valence-electron chi connectivity index (χ3n) is 4.36. The monoisotopic (exact) mass is 270 g/mol. The molecule has 0 bridgehead atoms. The number of hydrogen-bond donors (Lipinski definition) is 0. The molecule has 1 aliphatic heterocycles. The van der Waals surface area contributed by atoms with Crippen molar-refractivity contribution in [3.05, 3.63) is 0 Å². The summed E-state index contributed by atoms with van der Waals surface area (Å²) in [5.74, 6) is 0. The van der Waals surface area contributed by atoms with Gasteiger partial charge in [0.15, 0.2) is 0 Å². The lowest BCUT2D eigenvalue weighted by Gasteiger charge is -2.34. The fourth-order valence-electron chi connectivity index (χ4n) is 3.00. The summed E-state index contributed by atoms with van der Waals surface area (Å²) in [5, 5.41) is 0.360. The maximum Gasteiger partial charge on any atom is 0.0486 e. The van der Waals surface area contributed by atoms with Crippen LogP contribution in [0.2, 0.25) is 0 Å². The molecule has 1 nitrogen and oxygen atoms in total. The lowest BCUT2D eigenvalue weighted by Crippen LogP contribution is -2.36. The zero-order valence-corrected chi connectivity index (χ0v) is 14.8. The smallest absolute Gasteiger partial charge is 0.0486 e. The Morgan fingerprint density at radius 2 is 1.50 bits per heavy atom. The molecular formula is C16H34OSi. The Morgan fingerprint density at radius 3 is 2.06 bits per heavy atom. The maximum atomic E-state index is 6.00. The second-order valence-electron chi connectivity index (χ2n) is 6.33. The van der Waals surface area contributed by atoms with E-state index in [1.165, 1.54) is 93.7 Å². The Balaban J connectivity index is 1.86. The van der Waals surface area contributed by atoms with Gasteiger partial charge in [-0.05, 0) is 25.7 Å². The van der Waals surface area contributed by atoms with Crippen molar-refractivity contribution in [2.75, 3.05) is 6.61 Å². The van der Waals surface area contributed by atoms with Gasteiger partial charge in [0.05, 0.1) is 0 Å². The fraction of sp³-hybridized carbons (Fsp3) is 1.00. The van der Waals surface area contributed by atoms with Crippen molar-refractivity contribution >= 4 is 10.2 Å². The van der Waals surface area contributed by atoms with Gasteiger partial charge in [0.1, 0.15) is 0 Å². The molecule has 0 aromatic rings. The summed E-state index contributed by atoms with van der Waals surface area (Å²) in [4.78, 5) is 0. The van der Waals surface area contributed by atoms with Crippen LogP contribution in [0, 0.1) is 0 Å². The molecule has 1 unspecified atom stereocenters. The van der Waals surface area contributed by atoms with Crippen LogP contribution in [0.3, 0.4) is 0 Å². The van der Waals surface area contributed by atoms with Crippen molar-refractivity contribution in [3.63, 3.8) is 0 Å². The summed E-state index contributed by atoms with van der Waals surface area (Å²) in [5.41, 5.74) is 0. The quantitative estimate of drug-likeness (QED) is 0.428. The van der Waals surface area contributed by atoms with Crippen LogP contribution in [-0.2, 0) is 4.74 Å². The van der Waals surface area contributed by atoms with Gasteiger partial charge in [-0.1, -0.05) is 64.7 Å². The van der Waals surface area contributed by atoms with E-state index in [9.17, 15) is 0 Å². The first-order chi connectivity index (χ1) is 8.77. The standard InChI is InChI=1S/C16H34OSi/c1-2-3-4-5-6-7-8-9-10-13-16(18)14-11-12-15-17-16/h2-15H2,1,18H3. The normalized spacial score (nSPS) is 24.5. The Kier molecular flexibility index (Phi) is 9.04. The first-order valence-electron chi connectivity index (χ1n) is 8.41. The minimum Gasteiger partial charge on any atom is -0.380 e. The van der Waals surface area contributed by atoms with Gasteiger partial charge in [-0.2, -0.15) is 0 Å². The van der Waals surface area contributed by atoms with Gasteiger partial charge < -0.3 is 4.74 Å². The second kappa shape index (κ2) is 10.0. The lowest BCUT2D eigenvalue weighted by molar-refractivity contribution is -0.0240. The van der Waals surface area contributed by atoms with Crippen LogP contribution in [0.1, 0.15) is 90.4 Å². The van der Waals surface area contributed by atoms with Crippen LogP contribution in [0.25, 0.3) is 0 Å². The van der Waals surface area contributed by atoms with E-state index in [0.717, 1.165) is 6.61 Å². The van der Waals surface area contributed by atoms with Crippen LogP contribution in [-0.4, -0.2) is 22.1 Å². The Bertz CT molecular complexity index is 188. The Hall–Kier alpha value is 0.177. The third kappa shape index (κ3) is 7.58. The highest BCUT2D eigenvalue weighted by Crippen LogP contribution is 2.27. The minimum absolute atomic E-state index is 0.360. The summed E-state index contributed by atoms with van der Waals surface area (Å²) in [7, 11) is 1.23. The molecule has 1 aliphatic rings. The second-order valence-corrected chi connectivity index (χ2v) is 8.16. The molecule has 0 N–H and O–H groups in total. The van der Waals surface area contributed by atoms with Crippen molar-refractivity contribution in [1.29, 1.82) is 0 Å². The van der Waals surface area contributed by atoms with Gasteiger partial charge in [-0.3, -0.25) is 0 Å². The van der Waals surface area contributed by atoms with Crippen molar-refractivity contribution in [1.82, 2.24) is 0 Å². The highest BCUT2D eigenvalue weighted by molar-refractivity contribution is 6.14. The molecule has 0 radical (unpaired) electrons. The van der Waals surface area contributed by atoms with E-state index in [4.69, 9.17) is 4.74 Å².